The number of pyridine rings is 1. The van der Waals surface area contributed by atoms with E-state index in [1.807, 2.05) is 37.3 Å². The van der Waals surface area contributed by atoms with Crippen LogP contribution in [0.4, 0.5) is 4.39 Å². The number of benzene rings is 2. The highest BCUT2D eigenvalue weighted by Crippen LogP contribution is 2.24. The maximum Gasteiger partial charge on any atom is 0.244 e. The molecule has 1 N–H and O–H groups in total. The Morgan fingerprint density at radius 3 is 2.71 bits per heavy atom. The summed E-state index contributed by atoms with van der Waals surface area (Å²) in [6.07, 6.45) is 6.30. The molecule has 0 fully saturated rings. The largest absolute Gasteiger partial charge is 0.456 e. The third-order valence-electron chi connectivity index (χ3n) is 4.21. The van der Waals surface area contributed by atoms with Crippen LogP contribution in [0.1, 0.15) is 29.7 Å². The van der Waals surface area contributed by atoms with Crippen LogP contribution in [-0.4, -0.2) is 10.9 Å². The molecule has 0 unspecified atom stereocenters. The van der Waals surface area contributed by atoms with Gasteiger partial charge >= 0.3 is 0 Å². The van der Waals surface area contributed by atoms with Gasteiger partial charge in [0.05, 0.1) is 12.2 Å². The lowest BCUT2D eigenvalue weighted by molar-refractivity contribution is -0.117. The van der Waals surface area contributed by atoms with Crippen LogP contribution in [0.3, 0.4) is 0 Å². The molecule has 28 heavy (non-hydrogen) atoms. The summed E-state index contributed by atoms with van der Waals surface area (Å²) in [7, 11) is 0. The summed E-state index contributed by atoms with van der Waals surface area (Å²) < 4.78 is 19.4. The first-order valence-electron chi connectivity index (χ1n) is 8.94. The molecule has 1 heterocycles. The third kappa shape index (κ3) is 5.27. The van der Waals surface area contributed by atoms with Crippen molar-refractivity contribution in [2.24, 2.45) is 0 Å². The zero-order chi connectivity index (χ0) is 19.9. The Kier molecular flexibility index (Phi) is 6.17. The van der Waals surface area contributed by atoms with Gasteiger partial charge in [0, 0.05) is 12.3 Å². The van der Waals surface area contributed by atoms with Crippen molar-refractivity contribution >= 4 is 12.0 Å². The summed E-state index contributed by atoms with van der Waals surface area (Å²) in [6.45, 7) is 3.59. The molecule has 3 rings (SSSR count). The fraction of sp³-hybridized carbons (Fsp3) is 0.130. The van der Waals surface area contributed by atoms with Crippen molar-refractivity contribution in [2.75, 3.05) is 0 Å². The van der Waals surface area contributed by atoms with Crippen molar-refractivity contribution in [2.45, 2.75) is 19.9 Å². The van der Waals surface area contributed by atoms with Gasteiger partial charge in [0.1, 0.15) is 17.3 Å². The second kappa shape index (κ2) is 8.95. The van der Waals surface area contributed by atoms with Crippen molar-refractivity contribution in [3.63, 3.8) is 0 Å². The van der Waals surface area contributed by atoms with E-state index < -0.39 is 0 Å². The highest BCUT2D eigenvalue weighted by atomic mass is 19.1. The maximum atomic E-state index is 13.6. The minimum absolute atomic E-state index is 0.218. The minimum Gasteiger partial charge on any atom is -0.456 e. The highest BCUT2D eigenvalue weighted by Gasteiger charge is 2.09. The van der Waals surface area contributed by atoms with E-state index in [9.17, 15) is 9.18 Å². The normalized spacial score (nSPS) is 12.0. The van der Waals surface area contributed by atoms with Crippen LogP contribution < -0.4 is 10.1 Å². The molecular weight excluding hydrogens is 355 g/mol. The summed E-state index contributed by atoms with van der Waals surface area (Å²) in [6, 6.07) is 15.8. The number of nitrogens with zero attached hydrogens (tertiary/aromatic N) is 1. The molecule has 0 aliphatic heterocycles. The lowest BCUT2D eigenvalue weighted by Crippen LogP contribution is -2.24. The molecule has 0 bridgehead atoms. The first kappa shape index (κ1) is 19.3. The Morgan fingerprint density at radius 2 is 1.96 bits per heavy atom. The predicted molar refractivity (Wildman–Crippen MR) is 107 cm³/mol. The number of hydrogen-bond acceptors (Lipinski definition) is 3. The topological polar surface area (TPSA) is 51.2 Å². The maximum absolute atomic E-state index is 13.6. The molecule has 0 aliphatic rings. The van der Waals surface area contributed by atoms with Crippen molar-refractivity contribution < 1.29 is 13.9 Å². The van der Waals surface area contributed by atoms with Crippen molar-refractivity contribution in [3.8, 4) is 11.5 Å². The van der Waals surface area contributed by atoms with E-state index in [1.54, 1.807) is 43.6 Å². The van der Waals surface area contributed by atoms with Crippen LogP contribution in [0.2, 0.25) is 0 Å². The summed E-state index contributed by atoms with van der Waals surface area (Å²) in [4.78, 5) is 16.2. The Bertz CT molecular complexity index is 987. The zero-order valence-electron chi connectivity index (χ0n) is 15.7. The molecular formula is C23H21FN2O2. The molecule has 0 saturated carbocycles. The summed E-state index contributed by atoms with van der Waals surface area (Å²) in [5.41, 5.74) is 2.12. The zero-order valence-corrected chi connectivity index (χ0v) is 15.7. The Labute approximate surface area is 163 Å². The van der Waals surface area contributed by atoms with E-state index in [2.05, 4.69) is 10.3 Å². The van der Waals surface area contributed by atoms with Crippen LogP contribution in [0.5, 0.6) is 11.5 Å². The van der Waals surface area contributed by atoms with Gasteiger partial charge in [-0.15, -0.1) is 0 Å². The molecule has 1 amide bonds. The second-order valence-corrected chi connectivity index (χ2v) is 6.44. The van der Waals surface area contributed by atoms with Gasteiger partial charge in [0.25, 0.3) is 0 Å². The van der Waals surface area contributed by atoms with Gasteiger partial charge in [-0.05, 0) is 66.9 Å². The Morgan fingerprint density at radius 1 is 1.14 bits per heavy atom. The average Bonchev–Trinajstić information content (AvgIpc) is 2.70. The quantitative estimate of drug-likeness (QED) is 0.601. The number of aromatic nitrogens is 1. The molecule has 5 heteroatoms. The van der Waals surface area contributed by atoms with E-state index in [0.29, 0.717) is 22.6 Å². The molecule has 0 spiro atoms. The lowest BCUT2D eigenvalue weighted by atomic mass is 10.1. The number of carbonyl (C=O) groups is 1. The number of aryl methyl sites for hydroxylation is 1. The highest BCUT2D eigenvalue weighted by molar-refractivity contribution is 5.92. The summed E-state index contributed by atoms with van der Waals surface area (Å²) in [5.74, 6) is 0.760. The molecule has 4 nitrogen and oxygen atoms in total. The van der Waals surface area contributed by atoms with Gasteiger partial charge in [-0.25, -0.2) is 4.39 Å². The van der Waals surface area contributed by atoms with E-state index in [1.165, 1.54) is 12.1 Å². The molecule has 142 valence electrons. The predicted octanol–water partition coefficient (Wildman–Crippen LogP) is 5.21. The number of carbonyl (C=O) groups excluding carboxylic acids is 1. The van der Waals surface area contributed by atoms with E-state index in [0.717, 1.165) is 5.56 Å². The van der Waals surface area contributed by atoms with E-state index in [4.69, 9.17) is 4.74 Å². The fourth-order valence-electron chi connectivity index (χ4n) is 2.62. The number of rotatable bonds is 6. The number of hydrogen-bond donors (Lipinski definition) is 1. The number of amides is 1. The van der Waals surface area contributed by atoms with E-state index in [-0.39, 0.29) is 17.8 Å². The Balaban J connectivity index is 1.62. The molecule has 0 aliphatic carbocycles. The van der Waals surface area contributed by atoms with Gasteiger partial charge in [0.15, 0.2) is 0 Å². The fourth-order valence-corrected chi connectivity index (χ4v) is 2.62. The Hall–Kier alpha value is -3.47. The van der Waals surface area contributed by atoms with Gasteiger partial charge in [-0.2, -0.15) is 0 Å². The SMILES string of the molecule is Cc1ccc(/C=C/C(=O)N[C@@H](C)c2cccc(Oc3cccnc3)c2)cc1F. The van der Waals surface area contributed by atoms with Gasteiger partial charge in [-0.1, -0.05) is 24.3 Å². The third-order valence-corrected chi connectivity index (χ3v) is 4.21. The molecule has 3 aromatic rings. The molecule has 1 aromatic heterocycles. The van der Waals surface area contributed by atoms with Crippen LogP contribution in [0, 0.1) is 12.7 Å². The van der Waals surface area contributed by atoms with Gasteiger partial charge < -0.3 is 10.1 Å². The summed E-state index contributed by atoms with van der Waals surface area (Å²) >= 11 is 0. The molecule has 0 radical (unpaired) electrons. The number of nitrogens with one attached hydrogen (secondary N) is 1. The summed E-state index contributed by atoms with van der Waals surface area (Å²) in [5, 5.41) is 2.90. The first-order valence-corrected chi connectivity index (χ1v) is 8.94. The van der Waals surface area contributed by atoms with Crippen LogP contribution >= 0.6 is 0 Å². The second-order valence-electron chi connectivity index (χ2n) is 6.44. The molecule has 0 saturated heterocycles. The molecule has 2 aromatic carbocycles. The smallest absolute Gasteiger partial charge is 0.244 e. The van der Waals surface area contributed by atoms with Crippen molar-refractivity contribution in [1.82, 2.24) is 10.3 Å². The van der Waals surface area contributed by atoms with Crippen molar-refractivity contribution in [1.29, 1.82) is 0 Å². The lowest BCUT2D eigenvalue weighted by Gasteiger charge is -2.14. The first-order chi connectivity index (χ1) is 13.5. The van der Waals surface area contributed by atoms with E-state index >= 15 is 0 Å². The van der Waals surface area contributed by atoms with Crippen LogP contribution in [0.25, 0.3) is 6.08 Å². The monoisotopic (exact) mass is 376 g/mol. The average molecular weight is 376 g/mol. The minimum atomic E-state index is -0.290. The number of ether oxygens (including phenoxy) is 1. The van der Waals surface area contributed by atoms with Crippen LogP contribution in [0.15, 0.2) is 73.1 Å². The van der Waals surface area contributed by atoms with Crippen LogP contribution in [-0.2, 0) is 4.79 Å². The van der Waals surface area contributed by atoms with Gasteiger partial charge in [0.2, 0.25) is 5.91 Å². The number of halogens is 1. The van der Waals surface area contributed by atoms with Crippen molar-refractivity contribution in [3.05, 3.63) is 95.6 Å². The van der Waals surface area contributed by atoms with Gasteiger partial charge in [-0.3, -0.25) is 9.78 Å². The standard InChI is InChI=1S/C23H21FN2O2/c1-16-8-9-18(13-22(16)24)10-11-23(27)26-17(2)19-5-3-6-20(14-19)28-21-7-4-12-25-15-21/h3-15,17H,1-2H3,(H,26,27)/b11-10+/t17-/m0/s1. The molecule has 1 atom stereocenters.